The molecule has 1 aromatic carbocycles. The molecule has 100 valence electrons. The average Bonchev–Trinajstić information content (AvgIpc) is 2.41. The maximum absolute atomic E-state index is 11.9. The molecule has 19 heavy (non-hydrogen) atoms. The first-order chi connectivity index (χ1) is 9.11. The van der Waals surface area contributed by atoms with Gasteiger partial charge in [0.1, 0.15) is 4.47 Å². The standard InChI is InChI=1S/C14H16BrN3O/c1-3-18-14(19)13(15)12(9-17-18)16-8-11-6-4-5-10(2)7-11/h4-7,9,16H,3,8H2,1-2H3. The molecule has 0 bridgehead atoms. The van der Waals surface area contributed by atoms with Crippen LogP contribution in [0.2, 0.25) is 0 Å². The molecule has 4 nitrogen and oxygen atoms in total. The van der Waals surface area contributed by atoms with E-state index in [9.17, 15) is 4.79 Å². The zero-order valence-corrected chi connectivity index (χ0v) is 12.6. The number of nitrogens with zero attached hydrogens (tertiary/aromatic N) is 2. The van der Waals surface area contributed by atoms with Gasteiger partial charge in [-0.2, -0.15) is 5.10 Å². The van der Waals surface area contributed by atoms with Gasteiger partial charge in [0.25, 0.3) is 5.56 Å². The van der Waals surface area contributed by atoms with Gasteiger partial charge in [-0.3, -0.25) is 4.79 Å². The molecule has 5 heteroatoms. The maximum atomic E-state index is 11.9. The lowest BCUT2D eigenvalue weighted by atomic mass is 10.1. The van der Waals surface area contributed by atoms with Crippen LogP contribution in [0.5, 0.6) is 0 Å². The summed E-state index contributed by atoms with van der Waals surface area (Å²) in [6.07, 6.45) is 1.67. The fourth-order valence-electron chi connectivity index (χ4n) is 1.83. The summed E-state index contributed by atoms with van der Waals surface area (Å²) < 4.78 is 1.94. The van der Waals surface area contributed by atoms with Gasteiger partial charge in [0.05, 0.1) is 11.9 Å². The van der Waals surface area contributed by atoms with E-state index >= 15 is 0 Å². The Morgan fingerprint density at radius 3 is 2.89 bits per heavy atom. The van der Waals surface area contributed by atoms with Gasteiger partial charge >= 0.3 is 0 Å². The van der Waals surface area contributed by atoms with E-state index in [-0.39, 0.29) is 5.56 Å². The molecule has 0 amide bonds. The molecule has 2 aromatic rings. The predicted molar refractivity (Wildman–Crippen MR) is 80.4 cm³/mol. The minimum atomic E-state index is -0.114. The Kier molecular flexibility index (Phi) is 4.37. The van der Waals surface area contributed by atoms with Crippen molar-refractivity contribution in [2.75, 3.05) is 5.32 Å². The second-order valence-electron chi connectivity index (χ2n) is 4.34. The highest BCUT2D eigenvalue weighted by molar-refractivity contribution is 9.10. The van der Waals surface area contributed by atoms with E-state index in [4.69, 9.17) is 0 Å². The third kappa shape index (κ3) is 3.23. The van der Waals surface area contributed by atoms with Crippen molar-refractivity contribution < 1.29 is 0 Å². The zero-order valence-electron chi connectivity index (χ0n) is 11.0. The van der Waals surface area contributed by atoms with Crippen LogP contribution in [0.25, 0.3) is 0 Å². The van der Waals surface area contributed by atoms with Crippen molar-refractivity contribution in [2.45, 2.75) is 26.9 Å². The lowest BCUT2D eigenvalue weighted by molar-refractivity contribution is 0.613. The van der Waals surface area contributed by atoms with Crippen LogP contribution in [0.3, 0.4) is 0 Å². The maximum Gasteiger partial charge on any atom is 0.283 e. The van der Waals surface area contributed by atoms with E-state index < -0.39 is 0 Å². The van der Waals surface area contributed by atoms with E-state index in [1.165, 1.54) is 15.8 Å². The van der Waals surface area contributed by atoms with Gasteiger partial charge in [0.15, 0.2) is 0 Å². The summed E-state index contributed by atoms with van der Waals surface area (Å²) in [6.45, 7) is 5.18. The third-order valence-electron chi connectivity index (χ3n) is 2.85. The van der Waals surface area contributed by atoms with E-state index in [1.807, 2.05) is 13.0 Å². The van der Waals surface area contributed by atoms with Gasteiger partial charge in [-0.25, -0.2) is 4.68 Å². The summed E-state index contributed by atoms with van der Waals surface area (Å²) in [6, 6.07) is 8.24. The fourth-order valence-corrected chi connectivity index (χ4v) is 2.28. The van der Waals surface area contributed by atoms with Gasteiger partial charge in [0, 0.05) is 13.1 Å². The van der Waals surface area contributed by atoms with Crippen LogP contribution in [-0.4, -0.2) is 9.78 Å². The molecule has 0 spiro atoms. The first kappa shape index (κ1) is 13.8. The molecule has 0 radical (unpaired) electrons. The normalized spacial score (nSPS) is 10.5. The number of hydrogen-bond acceptors (Lipinski definition) is 3. The highest BCUT2D eigenvalue weighted by atomic mass is 79.9. The number of nitrogens with one attached hydrogen (secondary N) is 1. The molecule has 1 N–H and O–H groups in total. The first-order valence-corrected chi connectivity index (χ1v) is 6.96. The van der Waals surface area contributed by atoms with Crippen LogP contribution in [0.4, 0.5) is 5.69 Å². The summed E-state index contributed by atoms with van der Waals surface area (Å²) in [5.41, 5.74) is 3.00. The second kappa shape index (κ2) is 6.02. The van der Waals surface area contributed by atoms with Gasteiger partial charge < -0.3 is 5.32 Å². The summed E-state index contributed by atoms with van der Waals surface area (Å²) >= 11 is 3.32. The molecular formula is C14H16BrN3O. The van der Waals surface area contributed by atoms with E-state index in [0.29, 0.717) is 17.6 Å². The van der Waals surface area contributed by atoms with Crippen molar-refractivity contribution in [2.24, 2.45) is 0 Å². The Hall–Kier alpha value is -1.62. The van der Waals surface area contributed by atoms with Crippen LogP contribution in [0, 0.1) is 6.92 Å². The molecule has 0 fully saturated rings. The summed E-state index contributed by atoms with van der Waals surface area (Å²) in [4.78, 5) is 11.9. The smallest absolute Gasteiger partial charge is 0.283 e. The molecule has 0 saturated heterocycles. The minimum absolute atomic E-state index is 0.114. The van der Waals surface area contributed by atoms with Crippen molar-refractivity contribution in [3.05, 3.63) is 56.4 Å². The van der Waals surface area contributed by atoms with Crippen LogP contribution < -0.4 is 10.9 Å². The number of hydrogen-bond donors (Lipinski definition) is 1. The Labute approximate surface area is 120 Å². The highest BCUT2D eigenvalue weighted by Crippen LogP contribution is 2.17. The molecule has 0 aliphatic carbocycles. The molecule has 0 atom stereocenters. The number of halogens is 1. The Morgan fingerprint density at radius 2 is 2.21 bits per heavy atom. The van der Waals surface area contributed by atoms with Crippen LogP contribution in [-0.2, 0) is 13.1 Å². The molecule has 0 aliphatic rings. The summed E-state index contributed by atoms with van der Waals surface area (Å²) in [7, 11) is 0. The number of aromatic nitrogens is 2. The number of benzene rings is 1. The van der Waals surface area contributed by atoms with E-state index in [2.05, 4.69) is 51.5 Å². The van der Waals surface area contributed by atoms with Crippen molar-refractivity contribution in [3.8, 4) is 0 Å². The number of anilines is 1. The predicted octanol–water partition coefficient (Wildman–Crippen LogP) is 2.95. The highest BCUT2D eigenvalue weighted by Gasteiger charge is 2.07. The van der Waals surface area contributed by atoms with E-state index in [1.54, 1.807) is 6.20 Å². The molecule has 2 rings (SSSR count). The SMILES string of the molecule is CCn1ncc(NCc2cccc(C)c2)c(Br)c1=O. The van der Waals surface area contributed by atoms with Crippen molar-refractivity contribution in [3.63, 3.8) is 0 Å². The van der Waals surface area contributed by atoms with Crippen molar-refractivity contribution in [1.29, 1.82) is 0 Å². The van der Waals surface area contributed by atoms with Gasteiger partial charge in [0.2, 0.25) is 0 Å². The van der Waals surface area contributed by atoms with Crippen molar-refractivity contribution in [1.82, 2.24) is 9.78 Å². The van der Waals surface area contributed by atoms with Gasteiger partial charge in [-0.05, 0) is 35.3 Å². The lowest BCUT2D eigenvalue weighted by Crippen LogP contribution is -2.23. The largest absolute Gasteiger partial charge is 0.379 e. The molecule has 0 unspecified atom stereocenters. The topological polar surface area (TPSA) is 46.9 Å². The van der Waals surface area contributed by atoms with Crippen LogP contribution >= 0.6 is 15.9 Å². The van der Waals surface area contributed by atoms with Crippen LogP contribution in [0.15, 0.2) is 39.7 Å². The summed E-state index contributed by atoms with van der Waals surface area (Å²) in [5, 5.41) is 7.32. The molecular weight excluding hydrogens is 306 g/mol. The Bertz CT molecular complexity index is 637. The molecule has 0 aliphatic heterocycles. The van der Waals surface area contributed by atoms with Crippen molar-refractivity contribution >= 4 is 21.6 Å². The zero-order chi connectivity index (χ0) is 13.8. The molecule has 1 aromatic heterocycles. The number of rotatable bonds is 4. The summed E-state index contributed by atoms with van der Waals surface area (Å²) in [5.74, 6) is 0. The molecule has 1 heterocycles. The second-order valence-corrected chi connectivity index (χ2v) is 5.13. The first-order valence-electron chi connectivity index (χ1n) is 6.17. The quantitative estimate of drug-likeness (QED) is 0.941. The molecule has 0 saturated carbocycles. The Balaban J connectivity index is 2.16. The third-order valence-corrected chi connectivity index (χ3v) is 3.62. The van der Waals surface area contributed by atoms with E-state index in [0.717, 1.165) is 5.69 Å². The fraction of sp³-hybridized carbons (Fsp3) is 0.286. The average molecular weight is 322 g/mol. The monoisotopic (exact) mass is 321 g/mol. The lowest BCUT2D eigenvalue weighted by Gasteiger charge is -2.10. The van der Waals surface area contributed by atoms with Gasteiger partial charge in [-0.1, -0.05) is 29.8 Å². The van der Waals surface area contributed by atoms with Crippen LogP contribution in [0.1, 0.15) is 18.1 Å². The Morgan fingerprint density at radius 1 is 1.42 bits per heavy atom. The number of aryl methyl sites for hydroxylation is 2. The van der Waals surface area contributed by atoms with Gasteiger partial charge in [-0.15, -0.1) is 0 Å². The minimum Gasteiger partial charge on any atom is -0.379 e.